The number of benzene rings is 2. The largest absolute Gasteiger partial charge is 0.497 e. The molecule has 0 saturated carbocycles. The van der Waals surface area contributed by atoms with E-state index in [1.54, 1.807) is 60.3 Å². The molecule has 0 spiro atoms. The first-order chi connectivity index (χ1) is 12.7. The summed E-state index contributed by atoms with van der Waals surface area (Å²) in [6.45, 7) is 2.89. The number of nitrogens with one attached hydrogen (secondary N) is 1. The molecular formula is C18H19N5O3. The number of carbonyl (C=O) groups is 1. The topological polar surface area (TPSA) is 91.2 Å². The summed E-state index contributed by atoms with van der Waals surface area (Å²) in [7, 11) is 1.60. The highest BCUT2D eigenvalue weighted by Crippen LogP contribution is 2.17. The minimum absolute atomic E-state index is 0.198. The Kier molecular flexibility index (Phi) is 5.43. The van der Waals surface area contributed by atoms with Crippen molar-refractivity contribution in [2.24, 2.45) is 0 Å². The molecule has 8 heteroatoms. The van der Waals surface area contributed by atoms with Crippen LogP contribution in [-0.2, 0) is 13.2 Å². The van der Waals surface area contributed by atoms with Crippen molar-refractivity contribution in [2.75, 3.05) is 12.4 Å². The van der Waals surface area contributed by atoms with Crippen molar-refractivity contribution in [3.8, 4) is 11.5 Å². The van der Waals surface area contributed by atoms with Crippen LogP contribution in [0, 0.1) is 0 Å². The Morgan fingerprint density at radius 2 is 1.77 bits per heavy atom. The minimum atomic E-state index is -0.198. The quantitative estimate of drug-likeness (QED) is 0.702. The summed E-state index contributed by atoms with van der Waals surface area (Å²) < 4.78 is 12.4. The molecule has 134 valence electrons. The molecule has 8 nitrogen and oxygen atoms in total. The van der Waals surface area contributed by atoms with Crippen molar-refractivity contribution in [3.63, 3.8) is 0 Å². The Labute approximate surface area is 150 Å². The smallest absolute Gasteiger partial charge is 0.255 e. The van der Waals surface area contributed by atoms with Gasteiger partial charge < -0.3 is 14.8 Å². The van der Waals surface area contributed by atoms with E-state index in [1.807, 2.05) is 6.92 Å². The number of amides is 1. The molecule has 0 aliphatic heterocycles. The molecule has 0 radical (unpaired) electrons. The number of ether oxygens (including phenoxy) is 2. The first-order valence-corrected chi connectivity index (χ1v) is 8.13. The van der Waals surface area contributed by atoms with Crippen LogP contribution >= 0.6 is 0 Å². The lowest BCUT2D eigenvalue weighted by Gasteiger charge is -2.08. The highest BCUT2D eigenvalue weighted by atomic mass is 16.5. The molecule has 1 amide bonds. The predicted molar refractivity (Wildman–Crippen MR) is 95.2 cm³/mol. The van der Waals surface area contributed by atoms with E-state index in [2.05, 4.69) is 20.8 Å². The zero-order valence-corrected chi connectivity index (χ0v) is 14.5. The van der Waals surface area contributed by atoms with Gasteiger partial charge in [0.25, 0.3) is 5.91 Å². The van der Waals surface area contributed by atoms with E-state index < -0.39 is 0 Å². The lowest BCUT2D eigenvalue weighted by molar-refractivity contribution is 0.102. The van der Waals surface area contributed by atoms with Crippen LogP contribution in [0.3, 0.4) is 0 Å². The van der Waals surface area contributed by atoms with Crippen LogP contribution in [0.1, 0.15) is 23.1 Å². The van der Waals surface area contributed by atoms with Crippen LogP contribution in [0.5, 0.6) is 11.5 Å². The molecule has 3 aromatic rings. The Morgan fingerprint density at radius 1 is 1.08 bits per heavy atom. The van der Waals surface area contributed by atoms with Gasteiger partial charge in [-0.15, -0.1) is 5.10 Å². The van der Waals surface area contributed by atoms with Gasteiger partial charge in [0.15, 0.2) is 5.82 Å². The second-order valence-electron chi connectivity index (χ2n) is 5.41. The first kappa shape index (κ1) is 17.4. The molecular weight excluding hydrogens is 334 g/mol. The van der Waals surface area contributed by atoms with Gasteiger partial charge in [-0.25, -0.2) is 4.68 Å². The fourth-order valence-corrected chi connectivity index (χ4v) is 2.30. The Morgan fingerprint density at radius 3 is 2.42 bits per heavy atom. The number of aromatic nitrogens is 4. The van der Waals surface area contributed by atoms with Gasteiger partial charge in [0.1, 0.15) is 18.1 Å². The highest BCUT2D eigenvalue weighted by Gasteiger charge is 2.08. The van der Waals surface area contributed by atoms with E-state index >= 15 is 0 Å². The van der Waals surface area contributed by atoms with E-state index in [1.165, 1.54) is 0 Å². The maximum atomic E-state index is 12.3. The predicted octanol–water partition coefficient (Wildman–Crippen LogP) is 2.53. The van der Waals surface area contributed by atoms with Gasteiger partial charge in [-0.1, -0.05) is 0 Å². The van der Waals surface area contributed by atoms with Crippen molar-refractivity contribution in [1.82, 2.24) is 20.2 Å². The summed E-state index contributed by atoms with van der Waals surface area (Å²) in [5.74, 6) is 1.82. The lowest BCUT2D eigenvalue weighted by atomic mass is 10.2. The van der Waals surface area contributed by atoms with Gasteiger partial charge in [-0.3, -0.25) is 4.79 Å². The molecule has 26 heavy (non-hydrogen) atoms. The molecule has 2 aromatic carbocycles. The number of carbonyl (C=O) groups excluding carboxylic acids is 1. The van der Waals surface area contributed by atoms with Crippen molar-refractivity contribution < 1.29 is 14.3 Å². The summed E-state index contributed by atoms with van der Waals surface area (Å²) in [5, 5.41) is 14.2. The Balaban J connectivity index is 1.58. The third-order valence-electron chi connectivity index (χ3n) is 3.74. The van der Waals surface area contributed by atoms with Gasteiger partial charge in [-0.05, 0) is 65.9 Å². The van der Waals surface area contributed by atoms with Crippen LogP contribution < -0.4 is 14.8 Å². The number of hydrogen-bond acceptors (Lipinski definition) is 6. The first-order valence-electron chi connectivity index (χ1n) is 8.13. The number of tetrazole rings is 1. The normalized spacial score (nSPS) is 10.4. The lowest BCUT2D eigenvalue weighted by Crippen LogP contribution is -2.11. The van der Waals surface area contributed by atoms with Gasteiger partial charge in [-0.2, -0.15) is 0 Å². The van der Waals surface area contributed by atoms with Crippen molar-refractivity contribution in [1.29, 1.82) is 0 Å². The number of rotatable bonds is 7. The molecule has 3 rings (SSSR count). The van der Waals surface area contributed by atoms with Crippen LogP contribution in [0.15, 0.2) is 48.5 Å². The van der Waals surface area contributed by atoms with E-state index in [4.69, 9.17) is 9.47 Å². The number of nitrogens with zero attached hydrogens (tertiary/aromatic N) is 4. The minimum Gasteiger partial charge on any atom is -0.497 e. The Hall–Kier alpha value is -3.42. The van der Waals surface area contributed by atoms with E-state index in [9.17, 15) is 4.79 Å². The van der Waals surface area contributed by atoms with Crippen molar-refractivity contribution in [2.45, 2.75) is 20.1 Å². The third-order valence-corrected chi connectivity index (χ3v) is 3.74. The average molecular weight is 353 g/mol. The van der Waals surface area contributed by atoms with Gasteiger partial charge >= 0.3 is 0 Å². The van der Waals surface area contributed by atoms with E-state index in [-0.39, 0.29) is 12.5 Å². The average Bonchev–Trinajstić information content (AvgIpc) is 3.15. The standard InChI is InChI=1S/C18H19N5O3/c1-3-23-17(20-21-22-23)12-26-16-8-4-13(5-9-16)18(24)19-14-6-10-15(25-2)11-7-14/h4-11H,3,12H2,1-2H3,(H,19,24). The second-order valence-corrected chi connectivity index (χ2v) is 5.41. The van der Waals surface area contributed by atoms with E-state index in [0.29, 0.717) is 29.4 Å². The molecule has 0 aliphatic carbocycles. The zero-order valence-electron chi connectivity index (χ0n) is 14.5. The number of aryl methyl sites for hydroxylation is 1. The van der Waals surface area contributed by atoms with Crippen LogP contribution in [0.2, 0.25) is 0 Å². The fraction of sp³-hybridized carbons (Fsp3) is 0.222. The highest BCUT2D eigenvalue weighted by molar-refractivity contribution is 6.04. The molecule has 1 N–H and O–H groups in total. The molecule has 0 aliphatic rings. The molecule has 0 bridgehead atoms. The number of hydrogen-bond donors (Lipinski definition) is 1. The third kappa shape index (κ3) is 4.15. The number of anilines is 1. The van der Waals surface area contributed by atoms with Crippen LogP contribution in [0.25, 0.3) is 0 Å². The summed E-state index contributed by atoms with van der Waals surface area (Å²) >= 11 is 0. The summed E-state index contributed by atoms with van der Waals surface area (Å²) in [6, 6.07) is 14.0. The fourth-order valence-electron chi connectivity index (χ4n) is 2.30. The SMILES string of the molecule is CCn1nnnc1COc1ccc(C(=O)Nc2ccc(OC)cc2)cc1. The van der Waals surface area contributed by atoms with Crippen LogP contribution in [0.4, 0.5) is 5.69 Å². The molecule has 0 atom stereocenters. The van der Waals surface area contributed by atoms with E-state index in [0.717, 1.165) is 5.75 Å². The molecule has 1 heterocycles. The molecule has 0 fully saturated rings. The van der Waals surface area contributed by atoms with Gasteiger partial charge in [0.2, 0.25) is 0 Å². The van der Waals surface area contributed by atoms with Crippen molar-refractivity contribution in [3.05, 3.63) is 59.9 Å². The molecule has 0 saturated heterocycles. The monoisotopic (exact) mass is 353 g/mol. The maximum Gasteiger partial charge on any atom is 0.255 e. The number of methoxy groups -OCH3 is 1. The molecule has 1 aromatic heterocycles. The van der Waals surface area contributed by atoms with Crippen molar-refractivity contribution >= 4 is 11.6 Å². The zero-order chi connectivity index (χ0) is 18.4. The summed E-state index contributed by atoms with van der Waals surface area (Å²) in [4.78, 5) is 12.3. The van der Waals surface area contributed by atoms with Gasteiger partial charge in [0.05, 0.1) is 7.11 Å². The molecule has 0 unspecified atom stereocenters. The van der Waals surface area contributed by atoms with Gasteiger partial charge in [0, 0.05) is 17.8 Å². The Bertz CT molecular complexity index is 859. The maximum absolute atomic E-state index is 12.3. The summed E-state index contributed by atoms with van der Waals surface area (Å²) in [6.07, 6.45) is 0. The second kappa shape index (κ2) is 8.11. The summed E-state index contributed by atoms with van der Waals surface area (Å²) in [5.41, 5.74) is 1.23. The van der Waals surface area contributed by atoms with Crippen LogP contribution in [-0.4, -0.2) is 33.2 Å².